The number of pyridine rings is 1. The van der Waals surface area contributed by atoms with Gasteiger partial charge >= 0.3 is 0 Å². The number of halogens is 1. The minimum absolute atomic E-state index is 0.0985. The van der Waals surface area contributed by atoms with Gasteiger partial charge in [-0.25, -0.2) is 0 Å². The van der Waals surface area contributed by atoms with Crippen LogP contribution in [0.25, 0.3) is 0 Å². The van der Waals surface area contributed by atoms with Gasteiger partial charge in [-0.1, -0.05) is 18.2 Å². The lowest BCUT2D eigenvalue weighted by Crippen LogP contribution is -2.49. The van der Waals surface area contributed by atoms with E-state index in [0.717, 1.165) is 49.7 Å². The molecule has 5 nitrogen and oxygen atoms in total. The number of hydrogen-bond acceptors (Lipinski definition) is 4. The van der Waals surface area contributed by atoms with Crippen molar-refractivity contribution in [2.75, 3.05) is 20.2 Å². The molecule has 0 aliphatic carbocycles. The molecule has 0 unspecified atom stereocenters. The number of benzene rings is 1. The fraction of sp³-hybridized carbons (Fsp3) is 0.375. The van der Waals surface area contributed by atoms with Crippen molar-refractivity contribution in [1.82, 2.24) is 9.47 Å². The molecule has 3 aromatic rings. The maximum Gasteiger partial charge on any atom is 0.251 e. The maximum atomic E-state index is 12.9. The second-order valence-corrected chi connectivity index (χ2v) is 8.75. The van der Waals surface area contributed by atoms with Crippen molar-refractivity contribution in [2.45, 2.75) is 31.3 Å². The minimum Gasteiger partial charge on any atom is -0.497 e. The molecule has 2 aromatic heterocycles. The van der Waals surface area contributed by atoms with Crippen molar-refractivity contribution in [1.29, 1.82) is 0 Å². The van der Waals surface area contributed by atoms with Crippen molar-refractivity contribution in [3.05, 3.63) is 87.2 Å². The van der Waals surface area contributed by atoms with Crippen LogP contribution in [0, 0.1) is 5.92 Å². The first-order valence-corrected chi connectivity index (χ1v) is 10.8. The fourth-order valence-corrected chi connectivity index (χ4v) is 5.39. The van der Waals surface area contributed by atoms with E-state index in [2.05, 4.69) is 27.7 Å². The molecule has 6 heteroatoms. The van der Waals surface area contributed by atoms with E-state index in [1.807, 2.05) is 24.3 Å². The maximum absolute atomic E-state index is 12.9. The number of furan rings is 1. The number of aromatic nitrogens is 1. The number of piperidine rings is 1. The Morgan fingerprint density at radius 1 is 1.13 bits per heavy atom. The van der Waals surface area contributed by atoms with Crippen molar-refractivity contribution in [3.63, 3.8) is 0 Å². The third-order valence-corrected chi connectivity index (χ3v) is 6.66. The summed E-state index contributed by atoms with van der Waals surface area (Å²) >= 11 is 5.96. The van der Waals surface area contributed by atoms with Crippen LogP contribution in [0.4, 0.5) is 0 Å². The van der Waals surface area contributed by atoms with Crippen LogP contribution in [0.1, 0.15) is 35.4 Å². The molecule has 1 aromatic carbocycles. The van der Waals surface area contributed by atoms with Crippen molar-refractivity contribution in [3.8, 4) is 5.75 Å². The third-order valence-electron chi connectivity index (χ3n) is 6.46. The Labute approximate surface area is 180 Å². The third kappa shape index (κ3) is 3.68. The predicted molar refractivity (Wildman–Crippen MR) is 116 cm³/mol. The highest BCUT2D eigenvalue weighted by molar-refractivity contribution is 6.28. The summed E-state index contributed by atoms with van der Waals surface area (Å²) in [6, 6.07) is 17.7. The van der Waals surface area contributed by atoms with Crippen LogP contribution in [0.15, 0.2) is 63.8 Å². The Bertz CT molecular complexity index is 1110. The molecule has 30 heavy (non-hydrogen) atoms. The van der Waals surface area contributed by atoms with Crippen LogP contribution < -0.4 is 10.3 Å². The SMILES string of the molecule is COc1cccc(C[C@H]2[C@H]3C[C@H](CN(Cc4ccc(Cl)o4)C3)c3cccc(=O)n32)c1. The van der Waals surface area contributed by atoms with Gasteiger partial charge in [-0.05, 0) is 66.3 Å². The first kappa shape index (κ1) is 19.5. The Hall–Kier alpha value is -2.50. The number of nitrogens with zero attached hydrogens (tertiary/aromatic N) is 2. The van der Waals surface area contributed by atoms with Gasteiger partial charge in [0.25, 0.3) is 5.56 Å². The minimum atomic E-state index is 0.0985. The zero-order valence-corrected chi connectivity index (χ0v) is 17.7. The Balaban J connectivity index is 1.48. The molecule has 2 bridgehead atoms. The molecule has 2 aliphatic rings. The second kappa shape index (κ2) is 7.97. The zero-order valence-electron chi connectivity index (χ0n) is 17.0. The molecule has 1 fully saturated rings. The van der Waals surface area contributed by atoms with Crippen molar-refractivity contribution < 1.29 is 9.15 Å². The highest BCUT2D eigenvalue weighted by atomic mass is 35.5. The number of rotatable bonds is 5. The summed E-state index contributed by atoms with van der Waals surface area (Å²) in [7, 11) is 1.68. The summed E-state index contributed by atoms with van der Waals surface area (Å²) < 4.78 is 13.1. The fourth-order valence-electron chi connectivity index (χ4n) is 5.23. The summed E-state index contributed by atoms with van der Waals surface area (Å²) in [5.41, 5.74) is 2.43. The number of fused-ring (bicyclic) bond motifs is 4. The zero-order chi connectivity index (χ0) is 20.7. The number of methoxy groups -OCH3 is 1. The largest absolute Gasteiger partial charge is 0.497 e. The van der Waals surface area contributed by atoms with Gasteiger partial charge in [0, 0.05) is 36.8 Å². The average Bonchev–Trinajstić information content (AvgIpc) is 3.16. The normalized spacial score (nSPS) is 23.2. The molecule has 0 spiro atoms. The highest BCUT2D eigenvalue weighted by Crippen LogP contribution is 2.42. The predicted octanol–water partition coefficient (Wildman–Crippen LogP) is 4.51. The number of hydrogen-bond donors (Lipinski definition) is 0. The monoisotopic (exact) mass is 424 g/mol. The molecular formula is C24H25ClN2O3. The van der Waals surface area contributed by atoms with Crippen LogP contribution in [-0.2, 0) is 13.0 Å². The van der Waals surface area contributed by atoms with Crippen LogP contribution in [-0.4, -0.2) is 29.7 Å². The number of ether oxygens (including phenoxy) is 1. The van der Waals surface area contributed by atoms with E-state index in [1.165, 1.54) is 5.56 Å². The van der Waals surface area contributed by atoms with Gasteiger partial charge in [0.2, 0.25) is 0 Å². The van der Waals surface area contributed by atoms with Gasteiger partial charge in [0.1, 0.15) is 11.5 Å². The molecule has 0 N–H and O–H groups in total. The summed E-state index contributed by atoms with van der Waals surface area (Å²) in [6.45, 7) is 2.59. The van der Waals surface area contributed by atoms with Gasteiger partial charge in [0.15, 0.2) is 5.22 Å². The quantitative estimate of drug-likeness (QED) is 0.604. The molecular weight excluding hydrogens is 400 g/mol. The molecule has 0 saturated carbocycles. The topological polar surface area (TPSA) is 47.6 Å². The molecule has 0 amide bonds. The molecule has 1 saturated heterocycles. The summed E-state index contributed by atoms with van der Waals surface area (Å²) in [6.07, 6.45) is 1.92. The first-order valence-electron chi connectivity index (χ1n) is 10.4. The summed E-state index contributed by atoms with van der Waals surface area (Å²) in [4.78, 5) is 15.3. The smallest absolute Gasteiger partial charge is 0.251 e. The summed E-state index contributed by atoms with van der Waals surface area (Å²) in [5, 5.41) is 0.426. The van der Waals surface area contributed by atoms with Crippen LogP contribution in [0.2, 0.25) is 5.22 Å². The van der Waals surface area contributed by atoms with E-state index < -0.39 is 0 Å². The van der Waals surface area contributed by atoms with E-state index in [0.29, 0.717) is 17.1 Å². The summed E-state index contributed by atoms with van der Waals surface area (Å²) in [5.74, 6) is 2.48. The Morgan fingerprint density at radius 3 is 2.80 bits per heavy atom. The van der Waals surface area contributed by atoms with Gasteiger partial charge in [-0.3, -0.25) is 9.69 Å². The lowest BCUT2D eigenvalue weighted by molar-refractivity contribution is 0.0805. The first-order chi connectivity index (χ1) is 14.6. The molecule has 4 heterocycles. The molecule has 3 atom stereocenters. The Morgan fingerprint density at radius 2 is 2.00 bits per heavy atom. The van der Waals surface area contributed by atoms with Gasteiger partial charge in [-0.2, -0.15) is 0 Å². The van der Waals surface area contributed by atoms with Crippen molar-refractivity contribution >= 4 is 11.6 Å². The van der Waals surface area contributed by atoms with E-state index in [1.54, 1.807) is 19.2 Å². The second-order valence-electron chi connectivity index (χ2n) is 8.37. The van der Waals surface area contributed by atoms with Crippen LogP contribution in [0.5, 0.6) is 5.75 Å². The van der Waals surface area contributed by atoms with E-state index in [-0.39, 0.29) is 11.6 Å². The van der Waals surface area contributed by atoms with Crippen LogP contribution in [0.3, 0.4) is 0 Å². The molecule has 0 radical (unpaired) electrons. The van der Waals surface area contributed by atoms with E-state index >= 15 is 0 Å². The van der Waals surface area contributed by atoms with E-state index in [9.17, 15) is 4.79 Å². The van der Waals surface area contributed by atoms with Gasteiger partial charge < -0.3 is 13.7 Å². The van der Waals surface area contributed by atoms with Crippen LogP contribution >= 0.6 is 11.6 Å². The highest BCUT2D eigenvalue weighted by Gasteiger charge is 2.40. The standard InChI is InChI=1S/C24H25ClN2O3/c1-29-19-5-2-4-16(10-19)11-22-18-12-17(21-6-3-7-24(28)27(21)22)13-26(14-18)15-20-8-9-23(25)30-20/h2-10,17-18,22H,11-15H2,1H3/t17-,18+,22+/m1/s1. The Kier molecular flexibility index (Phi) is 5.17. The molecule has 156 valence electrons. The van der Waals surface area contributed by atoms with Gasteiger partial charge in [0.05, 0.1) is 13.7 Å². The van der Waals surface area contributed by atoms with Crippen molar-refractivity contribution in [2.24, 2.45) is 5.92 Å². The van der Waals surface area contributed by atoms with E-state index in [4.69, 9.17) is 20.8 Å². The lowest BCUT2D eigenvalue weighted by Gasteiger charge is -2.47. The molecule has 2 aliphatic heterocycles. The van der Waals surface area contributed by atoms with Gasteiger partial charge in [-0.15, -0.1) is 0 Å². The number of likely N-dealkylation sites (tertiary alicyclic amines) is 1. The lowest BCUT2D eigenvalue weighted by atomic mass is 9.76. The molecule has 5 rings (SSSR count). The average molecular weight is 425 g/mol.